The van der Waals surface area contributed by atoms with Crippen molar-refractivity contribution >= 4 is 11.6 Å². The number of amides is 1. The topological polar surface area (TPSA) is 54.0 Å². The molecule has 2 aromatic rings. The summed E-state index contributed by atoms with van der Waals surface area (Å²) < 4.78 is 13.8. The van der Waals surface area contributed by atoms with E-state index in [1.54, 1.807) is 24.5 Å². The third-order valence-corrected chi connectivity index (χ3v) is 2.99. The lowest BCUT2D eigenvalue weighted by Crippen LogP contribution is -2.24. The maximum Gasteiger partial charge on any atom is 0.253 e. The first-order valence-corrected chi connectivity index (χ1v) is 6.92. The van der Waals surface area contributed by atoms with Crippen molar-refractivity contribution in [2.45, 2.75) is 19.9 Å². The number of rotatable bonds is 6. The maximum absolute atomic E-state index is 13.8. The minimum Gasteiger partial charge on any atom is -0.382 e. The van der Waals surface area contributed by atoms with Gasteiger partial charge in [-0.2, -0.15) is 0 Å². The predicted molar refractivity (Wildman–Crippen MR) is 80.6 cm³/mol. The van der Waals surface area contributed by atoms with Gasteiger partial charge in [0.2, 0.25) is 0 Å². The molecule has 0 aliphatic carbocycles. The number of halogens is 1. The van der Waals surface area contributed by atoms with Crippen LogP contribution in [0.4, 0.5) is 10.1 Å². The molecule has 0 aliphatic heterocycles. The van der Waals surface area contributed by atoms with E-state index in [1.807, 2.05) is 13.0 Å². The van der Waals surface area contributed by atoms with Gasteiger partial charge in [0.05, 0.1) is 11.3 Å². The van der Waals surface area contributed by atoms with Gasteiger partial charge in [0.15, 0.2) is 0 Å². The lowest BCUT2D eigenvalue weighted by molar-refractivity contribution is 0.0951. The zero-order valence-electron chi connectivity index (χ0n) is 11.9. The largest absolute Gasteiger partial charge is 0.382 e. The SMILES string of the molecule is CCCNc1c(F)cccc1C(=O)NCc1cccnc1. The molecule has 0 spiro atoms. The smallest absolute Gasteiger partial charge is 0.253 e. The summed E-state index contributed by atoms with van der Waals surface area (Å²) in [6, 6.07) is 8.16. The number of aromatic nitrogens is 1. The fourth-order valence-corrected chi connectivity index (χ4v) is 1.92. The summed E-state index contributed by atoms with van der Waals surface area (Å²) in [4.78, 5) is 16.2. The average molecular weight is 287 g/mol. The molecule has 0 saturated carbocycles. The van der Waals surface area contributed by atoms with Crippen LogP contribution in [0.15, 0.2) is 42.7 Å². The molecular weight excluding hydrogens is 269 g/mol. The van der Waals surface area contributed by atoms with Gasteiger partial charge in [-0.1, -0.05) is 19.1 Å². The number of benzene rings is 1. The standard InChI is InChI=1S/C16H18FN3O/c1-2-8-19-15-13(6-3-7-14(15)17)16(21)20-11-12-5-4-9-18-10-12/h3-7,9-10,19H,2,8,11H2,1H3,(H,20,21). The Balaban J connectivity index is 2.09. The number of carbonyl (C=O) groups excluding carboxylic acids is 1. The minimum atomic E-state index is -0.419. The molecule has 21 heavy (non-hydrogen) atoms. The van der Waals surface area contributed by atoms with Crippen molar-refractivity contribution < 1.29 is 9.18 Å². The van der Waals surface area contributed by atoms with E-state index in [9.17, 15) is 9.18 Å². The van der Waals surface area contributed by atoms with E-state index in [-0.39, 0.29) is 11.6 Å². The molecule has 110 valence electrons. The van der Waals surface area contributed by atoms with Gasteiger partial charge in [-0.05, 0) is 30.2 Å². The molecule has 0 aliphatic rings. The Kier molecular flexibility index (Phi) is 5.26. The first kappa shape index (κ1) is 15.0. The Morgan fingerprint density at radius 3 is 2.86 bits per heavy atom. The van der Waals surface area contributed by atoms with E-state index in [0.717, 1.165) is 12.0 Å². The van der Waals surface area contributed by atoms with Crippen LogP contribution in [0.25, 0.3) is 0 Å². The van der Waals surface area contributed by atoms with Crippen molar-refractivity contribution in [1.82, 2.24) is 10.3 Å². The lowest BCUT2D eigenvalue weighted by atomic mass is 10.1. The number of anilines is 1. The van der Waals surface area contributed by atoms with Crippen LogP contribution >= 0.6 is 0 Å². The van der Waals surface area contributed by atoms with Gasteiger partial charge in [-0.3, -0.25) is 9.78 Å². The summed E-state index contributed by atoms with van der Waals surface area (Å²) in [5.41, 5.74) is 1.46. The number of nitrogens with one attached hydrogen (secondary N) is 2. The summed E-state index contributed by atoms with van der Waals surface area (Å²) in [7, 11) is 0. The number of para-hydroxylation sites is 1. The molecule has 2 N–H and O–H groups in total. The van der Waals surface area contributed by atoms with Gasteiger partial charge in [-0.15, -0.1) is 0 Å². The van der Waals surface area contributed by atoms with Crippen LogP contribution < -0.4 is 10.6 Å². The second-order valence-corrected chi connectivity index (χ2v) is 4.63. The van der Waals surface area contributed by atoms with Crippen LogP contribution in [0.1, 0.15) is 29.3 Å². The van der Waals surface area contributed by atoms with Gasteiger partial charge < -0.3 is 10.6 Å². The van der Waals surface area contributed by atoms with Crippen LogP contribution in [0.2, 0.25) is 0 Å². The van der Waals surface area contributed by atoms with E-state index >= 15 is 0 Å². The summed E-state index contributed by atoms with van der Waals surface area (Å²) in [6.45, 7) is 2.95. The highest BCUT2D eigenvalue weighted by Crippen LogP contribution is 2.20. The second kappa shape index (κ2) is 7.38. The molecule has 1 heterocycles. The Hall–Kier alpha value is -2.43. The van der Waals surface area contributed by atoms with Crippen LogP contribution in [-0.4, -0.2) is 17.4 Å². The van der Waals surface area contributed by atoms with E-state index in [4.69, 9.17) is 0 Å². The fourth-order valence-electron chi connectivity index (χ4n) is 1.92. The van der Waals surface area contributed by atoms with Crippen molar-refractivity contribution in [2.75, 3.05) is 11.9 Å². The molecule has 1 aromatic heterocycles. The molecule has 0 saturated heterocycles. The molecule has 0 unspecified atom stereocenters. The van der Waals surface area contributed by atoms with Gasteiger partial charge >= 0.3 is 0 Å². The fraction of sp³-hybridized carbons (Fsp3) is 0.250. The zero-order valence-corrected chi connectivity index (χ0v) is 11.9. The van der Waals surface area contributed by atoms with Crippen LogP contribution in [0.5, 0.6) is 0 Å². The van der Waals surface area contributed by atoms with Crippen molar-refractivity contribution in [3.05, 3.63) is 59.7 Å². The molecule has 0 fully saturated rings. The van der Waals surface area contributed by atoms with E-state index in [1.165, 1.54) is 12.1 Å². The quantitative estimate of drug-likeness (QED) is 0.859. The Morgan fingerprint density at radius 2 is 2.14 bits per heavy atom. The monoisotopic (exact) mass is 287 g/mol. The van der Waals surface area contributed by atoms with Crippen molar-refractivity contribution in [3.63, 3.8) is 0 Å². The molecule has 0 radical (unpaired) electrons. The van der Waals surface area contributed by atoms with E-state index in [2.05, 4.69) is 15.6 Å². The van der Waals surface area contributed by atoms with Crippen LogP contribution in [0, 0.1) is 5.82 Å². The molecular formula is C16H18FN3O. The Bertz CT molecular complexity index is 602. The summed E-state index contributed by atoms with van der Waals surface area (Å²) in [5, 5.41) is 5.74. The highest BCUT2D eigenvalue weighted by molar-refractivity contribution is 5.99. The molecule has 1 aromatic carbocycles. The van der Waals surface area contributed by atoms with Gasteiger partial charge in [0.25, 0.3) is 5.91 Å². The Labute approximate surface area is 123 Å². The number of hydrogen-bond donors (Lipinski definition) is 2. The lowest BCUT2D eigenvalue weighted by Gasteiger charge is -2.12. The third-order valence-electron chi connectivity index (χ3n) is 2.99. The normalized spacial score (nSPS) is 10.2. The predicted octanol–water partition coefficient (Wildman–Crippen LogP) is 2.97. The number of nitrogens with zero attached hydrogens (tertiary/aromatic N) is 1. The Morgan fingerprint density at radius 1 is 1.29 bits per heavy atom. The first-order valence-electron chi connectivity index (χ1n) is 6.92. The van der Waals surface area contributed by atoms with E-state index in [0.29, 0.717) is 18.7 Å². The van der Waals surface area contributed by atoms with E-state index < -0.39 is 5.82 Å². The number of pyridine rings is 1. The van der Waals surface area contributed by atoms with Crippen molar-refractivity contribution in [2.24, 2.45) is 0 Å². The minimum absolute atomic E-state index is 0.253. The first-order chi connectivity index (χ1) is 10.2. The average Bonchev–Trinajstić information content (AvgIpc) is 2.52. The van der Waals surface area contributed by atoms with Gasteiger partial charge in [-0.25, -0.2) is 4.39 Å². The molecule has 1 amide bonds. The molecule has 4 nitrogen and oxygen atoms in total. The molecule has 5 heteroatoms. The van der Waals surface area contributed by atoms with Crippen LogP contribution in [-0.2, 0) is 6.54 Å². The second-order valence-electron chi connectivity index (χ2n) is 4.63. The molecule has 0 atom stereocenters. The highest BCUT2D eigenvalue weighted by atomic mass is 19.1. The summed E-state index contributed by atoms with van der Waals surface area (Å²) >= 11 is 0. The maximum atomic E-state index is 13.8. The zero-order chi connectivity index (χ0) is 15.1. The van der Waals surface area contributed by atoms with Crippen LogP contribution in [0.3, 0.4) is 0 Å². The van der Waals surface area contributed by atoms with Crippen molar-refractivity contribution in [1.29, 1.82) is 0 Å². The summed E-state index contributed by atoms with van der Waals surface area (Å²) in [6.07, 6.45) is 4.21. The number of carbonyl (C=O) groups is 1. The third kappa shape index (κ3) is 4.02. The summed E-state index contributed by atoms with van der Waals surface area (Å²) in [5.74, 6) is -0.727. The van der Waals surface area contributed by atoms with Gasteiger partial charge in [0, 0.05) is 25.5 Å². The highest BCUT2D eigenvalue weighted by Gasteiger charge is 2.14. The van der Waals surface area contributed by atoms with Gasteiger partial charge in [0.1, 0.15) is 5.82 Å². The molecule has 0 bridgehead atoms. The number of hydrogen-bond acceptors (Lipinski definition) is 3. The van der Waals surface area contributed by atoms with Crippen molar-refractivity contribution in [3.8, 4) is 0 Å². The molecule has 2 rings (SSSR count).